The molecule has 0 unspecified atom stereocenters. The van der Waals surface area contributed by atoms with Crippen LogP contribution >= 0.6 is 0 Å². The summed E-state index contributed by atoms with van der Waals surface area (Å²) in [5.74, 6) is 0. The van der Waals surface area contributed by atoms with Crippen LogP contribution in [0.25, 0.3) is 10.8 Å². The first kappa shape index (κ1) is 14.9. The van der Waals surface area contributed by atoms with Gasteiger partial charge in [-0.05, 0) is 17.5 Å². The van der Waals surface area contributed by atoms with E-state index in [0.717, 1.165) is 25.3 Å². The molecule has 0 radical (unpaired) electrons. The molecule has 2 aromatic carbocycles. The SMILES string of the molecule is C=CCNc1cccc2cccc(N(CC=C)CC=C)c12. The van der Waals surface area contributed by atoms with Crippen molar-refractivity contribution in [2.45, 2.75) is 0 Å². The Balaban J connectivity index is 2.57. The summed E-state index contributed by atoms with van der Waals surface area (Å²) in [5.41, 5.74) is 2.32. The summed E-state index contributed by atoms with van der Waals surface area (Å²) in [6.07, 6.45) is 5.71. The lowest BCUT2D eigenvalue weighted by Crippen LogP contribution is -2.23. The summed E-state index contributed by atoms with van der Waals surface area (Å²) >= 11 is 0. The van der Waals surface area contributed by atoms with Crippen molar-refractivity contribution < 1.29 is 0 Å². The van der Waals surface area contributed by atoms with Crippen LogP contribution in [0, 0.1) is 0 Å². The number of hydrogen-bond donors (Lipinski definition) is 1. The minimum absolute atomic E-state index is 0.746. The van der Waals surface area contributed by atoms with Gasteiger partial charge in [0.1, 0.15) is 0 Å². The van der Waals surface area contributed by atoms with E-state index in [1.807, 2.05) is 18.2 Å². The smallest absolute Gasteiger partial charge is 0.0472 e. The zero-order valence-corrected chi connectivity index (χ0v) is 12.4. The summed E-state index contributed by atoms with van der Waals surface area (Å²) in [4.78, 5) is 2.27. The normalized spacial score (nSPS) is 10.1. The Labute approximate surface area is 127 Å². The molecule has 0 heterocycles. The molecule has 0 saturated heterocycles. The van der Waals surface area contributed by atoms with Crippen LogP contribution in [0.5, 0.6) is 0 Å². The summed E-state index contributed by atoms with van der Waals surface area (Å²) in [5, 5.41) is 5.87. The Morgan fingerprint density at radius 2 is 1.57 bits per heavy atom. The molecule has 0 fully saturated rings. The van der Waals surface area contributed by atoms with Crippen LogP contribution in [0.4, 0.5) is 11.4 Å². The van der Waals surface area contributed by atoms with E-state index in [0.29, 0.717) is 0 Å². The molecule has 0 atom stereocenters. The predicted octanol–water partition coefficient (Wildman–Crippen LogP) is 4.62. The third-order valence-electron chi connectivity index (χ3n) is 3.36. The molecule has 1 N–H and O–H groups in total. The second kappa shape index (κ2) is 7.34. The Hall–Kier alpha value is -2.48. The van der Waals surface area contributed by atoms with E-state index in [2.05, 4.69) is 66.4 Å². The van der Waals surface area contributed by atoms with E-state index in [1.54, 1.807) is 0 Å². The van der Waals surface area contributed by atoms with E-state index >= 15 is 0 Å². The van der Waals surface area contributed by atoms with Gasteiger partial charge in [-0.25, -0.2) is 0 Å². The molecule has 2 rings (SSSR count). The molecule has 108 valence electrons. The Morgan fingerprint density at radius 1 is 0.905 bits per heavy atom. The predicted molar refractivity (Wildman–Crippen MR) is 95.2 cm³/mol. The molecule has 2 aromatic rings. The average Bonchev–Trinajstić information content (AvgIpc) is 2.52. The van der Waals surface area contributed by atoms with Gasteiger partial charge in [-0.1, -0.05) is 42.5 Å². The molecular formula is C19H22N2. The van der Waals surface area contributed by atoms with Crippen molar-refractivity contribution in [2.75, 3.05) is 29.9 Å². The third kappa shape index (κ3) is 3.34. The standard InChI is InChI=1S/C19H22N2/c1-4-13-20-17-11-7-9-16-10-8-12-18(19(16)17)21(14-5-2)15-6-3/h4-12,20H,1-3,13-15H2. The lowest BCUT2D eigenvalue weighted by atomic mass is 10.1. The van der Waals surface area contributed by atoms with Gasteiger partial charge < -0.3 is 10.2 Å². The zero-order chi connectivity index (χ0) is 15.1. The van der Waals surface area contributed by atoms with Gasteiger partial charge in [0, 0.05) is 36.4 Å². The first-order valence-electron chi connectivity index (χ1n) is 7.15. The van der Waals surface area contributed by atoms with E-state index in [1.165, 1.54) is 16.5 Å². The Bertz CT molecular complexity index is 628. The van der Waals surface area contributed by atoms with Crippen molar-refractivity contribution in [3.63, 3.8) is 0 Å². The molecule has 0 spiro atoms. The van der Waals surface area contributed by atoms with Crippen molar-refractivity contribution in [1.29, 1.82) is 0 Å². The monoisotopic (exact) mass is 278 g/mol. The van der Waals surface area contributed by atoms with E-state index in [9.17, 15) is 0 Å². The lowest BCUT2D eigenvalue weighted by molar-refractivity contribution is 0.963. The number of fused-ring (bicyclic) bond motifs is 1. The molecule has 0 bridgehead atoms. The zero-order valence-electron chi connectivity index (χ0n) is 12.4. The Morgan fingerprint density at radius 3 is 2.19 bits per heavy atom. The summed E-state index contributed by atoms with van der Waals surface area (Å²) in [6, 6.07) is 12.7. The van der Waals surface area contributed by atoms with Gasteiger partial charge >= 0.3 is 0 Å². The molecule has 0 aliphatic heterocycles. The van der Waals surface area contributed by atoms with Crippen LogP contribution in [0.15, 0.2) is 74.4 Å². The maximum absolute atomic E-state index is 3.86. The maximum Gasteiger partial charge on any atom is 0.0472 e. The first-order chi connectivity index (χ1) is 10.3. The fraction of sp³-hybridized carbons (Fsp3) is 0.158. The van der Waals surface area contributed by atoms with Crippen LogP contribution in [0.1, 0.15) is 0 Å². The summed E-state index contributed by atoms with van der Waals surface area (Å²) < 4.78 is 0. The molecule has 2 heteroatoms. The molecule has 0 amide bonds. The van der Waals surface area contributed by atoms with Crippen molar-refractivity contribution in [1.82, 2.24) is 0 Å². The van der Waals surface area contributed by atoms with Crippen LogP contribution < -0.4 is 10.2 Å². The number of benzene rings is 2. The van der Waals surface area contributed by atoms with Crippen LogP contribution in [0.3, 0.4) is 0 Å². The fourth-order valence-electron chi connectivity index (χ4n) is 2.50. The molecule has 0 aromatic heterocycles. The Kier molecular flexibility index (Phi) is 5.22. The number of nitrogens with one attached hydrogen (secondary N) is 1. The topological polar surface area (TPSA) is 15.3 Å². The summed E-state index contributed by atoms with van der Waals surface area (Å²) in [6.45, 7) is 13.8. The van der Waals surface area contributed by atoms with Crippen LogP contribution in [0.2, 0.25) is 0 Å². The van der Waals surface area contributed by atoms with Crippen LogP contribution in [-0.4, -0.2) is 19.6 Å². The second-order valence-electron chi connectivity index (χ2n) is 4.83. The highest BCUT2D eigenvalue weighted by atomic mass is 15.1. The van der Waals surface area contributed by atoms with E-state index in [-0.39, 0.29) is 0 Å². The number of nitrogens with zero attached hydrogens (tertiary/aromatic N) is 1. The van der Waals surface area contributed by atoms with Gasteiger partial charge in [-0.2, -0.15) is 0 Å². The van der Waals surface area contributed by atoms with Crippen molar-refractivity contribution in [3.8, 4) is 0 Å². The molecule has 2 nitrogen and oxygen atoms in total. The van der Waals surface area contributed by atoms with Gasteiger partial charge in [0.25, 0.3) is 0 Å². The van der Waals surface area contributed by atoms with Crippen molar-refractivity contribution in [2.24, 2.45) is 0 Å². The molecule has 21 heavy (non-hydrogen) atoms. The van der Waals surface area contributed by atoms with E-state index in [4.69, 9.17) is 0 Å². The minimum atomic E-state index is 0.746. The molecule has 0 aliphatic carbocycles. The largest absolute Gasteiger partial charge is 0.381 e. The van der Waals surface area contributed by atoms with Crippen molar-refractivity contribution >= 4 is 22.1 Å². The fourth-order valence-corrected chi connectivity index (χ4v) is 2.50. The highest BCUT2D eigenvalue weighted by molar-refractivity contribution is 6.03. The van der Waals surface area contributed by atoms with Gasteiger partial charge in [0.15, 0.2) is 0 Å². The highest BCUT2D eigenvalue weighted by Gasteiger charge is 2.10. The lowest BCUT2D eigenvalue weighted by Gasteiger charge is -2.24. The molecule has 0 saturated carbocycles. The maximum atomic E-state index is 3.86. The number of anilines is 2. The summed E-state index contributed by atoms with van der Waals surface area (Å²) in [7, 11) is 0. The minimum Gasteiger partial charge on any atom is -0.381 e. The second-order valence-corrected chi connectivity index (χ2v) is 4.83. The molecular weight excluding hydrogens is 256 g/mol. The third-order valence-corrected chi connectivity index (χ3v) is 3.36. The average molecular weight is 278 g/mol. The van der Waals surface area contributed by atoms with Crippen molar-refractivity contribution in [3.05, 3.63) is 74.4 Å². The van der Waals surface area contributed by atoms with Gasteiger partial charge in [-0.15, -0.1) is 19.7 Å². The number of hydrogen-bond acceptors (Lipinski definition) is 2. The quantitative estimate of drug-likeness (QED) is 0.709. The first-order valence-corrected chi connectivity index (χ1v) is 7.15. The van der Waals surface area contributed by atoms with Gasteiger partial charge in [0.05, 0.1) is 0 Å². The van der Waals surface area contributed by atoms with Crippen LogP contribution in [-0.2, 0) is 0 Å². The van der Waals surface area contributed by atoms with E-state index < -0.39 is 0 Å². The van der Waals surface area contributed by atoms with Gasteiger partial charge in [-0.3, -0.25) is 0 Å². The number of rotatable bonds is 8. The highest BCUT2D eigenvalue weighted by Crippen LogP contribution is 2.33. The van der Waals surface area contributed by atoms with Gasteiger partial charge in [0.2, 0.25) is 0 Å². The molecule has 0 aliphatic rings.